The summed E-state index contributed by atoms with van der Waals surface area (Å²) in [5, 5.41) is 4.00. The number of aromatic nitrogens is 1. The Morgan fingerprint density at radius 3 is 2.43 bits per heavy atom. The van der Waals surface area contributed by atoms with Crippen LogP contribution in [0.1, 0.15) is 18.2 Å². The first kappa shape index (κ1) is 13.4. The van der Waals surface area contributed by atoms with Crippen LogP contribution >= 0.6 is 0 Å². The van der Waals surface area contributed by atoms with Crippen LogP contribution in [0.2, 0.25) is 0 Å². The van der Waals surface area contributed by atoms with E-state index < -0.39 is 0 Å². The molecule has 21 heavy (non-hydrogen) atoms. The smallest absolute Gasteiger partial charge is 0.167 e. The van der Waals surface area contributed by atoms with Gasteiger partial charge in [0.25, 0.3) is 0 Å². The van der Waals surface area contributed by atoms with E-state index in [2.05, 4.69) is 24.2 Å². The van der Waals surface area contributed by atoms with E-state index in [1.807, 2.05) is 48.5 Å². The molecule has 0 atom stereocenters. The second kappa shape index (κ2) is 6.27. The molecule has 0 radical (unpaired) electrons. The van der Waals surface area contributed by atoms with Crippen LogP contribution in [-0.4, -0.2) is 5.16 Å². The Kier molecular flexibility index (Phi) is 4.01. The van der Waals surface area contributed by atoms with Gasteiger partial charge in [-0.2, -0.15) is 0 Å². The van der Waals surface area contributed by atoms with Crippen LogP contribution in [0, 0.1) is 0 Å². The minimum absolute atomic E-state index is 0.572. The van der Waals surface area contributed by atoms with Crippen molar-refractivity contribution in [1.82, 2.24) is 5.16 Å². The number of hydrogen-bond acceptors (Lipinski definition) is 3. The average molecular weight is 279 g/mol. The van der Waals surface area contributed by atoms with Crippen LogP contribution in [0.15, 0.2) is 65.2 Å². The van der Waals surface area contributed by atoms with Gasteiger partial charge in [0, 0.05) is 11.6 Å². The van der Waals surface area contributed by atoms with Crippen LogP contribution in [0.4, 0.5) is 0 Å². The molecule has 1 aromatic heterocycles. The van der Waals surface area contributed by atoms with E-state index in [4.69, 9.17) is 9.26 Å². The van der Waals surface area contributed by atoms with Gasteiger partial charge in [-0.25, -0.2) is 0 Å². The summed E-state index contributed by atoms with van der Waals surface area (Å²) in [6.07, 6.45) is 0.877. The molecule has 0 fully saturated rings. The summed E-state index contributed by atoms with van der Waals surface area (Å²) in [4.78, 5) is 0. The molecule has 0 amide bonds. The largest absolute Gasteiger partial charge is 0.489 e. The summed E-state index contributed by atoms with van der Waals surface area (Å²) in [5.74, 6) is 1.64. The quantitative estimate of drug-likeness (QED) is 0.690. The predicted molar refractivity (Wildman–Crippen MR) is 82.1 cm³/mol. The first-order chi connectivity index (χ1) is 10.3. The Balaban J connectivity index is 1.66. The van der Waals surface area contributed by atoms with Crippen molar-refractivity contribution in [3.05, 3.63) is 71.9 Å². The third-order valence-corrected chi connectivity index (χ3v) is 3.31. The van der Waals surface area contributed by atoms with Crippen molar-refractivity contribution in [3.63, 3.8) is 0 Å². The van der Waals surface area contributed by atoms with Crippen molar-refractivity contribution in [2.24, 2.45) is 0 Å². The van der Waals surface area contributed by atoms with Crippen LogP contribution < -0.4 is 4.74 Å². The molecule has 3 heteroatoms. The van der Waals surface area contributed by atoms with Crippen LogP contribution in [0.3, 0.4) is 0 Å². The molecule has 3 aromatic rings. The Hall–Kier alpha value is -2.55. The fourth-order valence-electron chi connectivity index (χ4n) is 2.07. The Labute approximate surface area is 124 Å². The minimum atomic E-state index is 0.572. The normalized spacial score (nSPS) is 10.5. The van der Waals surface area contributed by atoms with Gasteiger partial charge in [-0.1, -0.05) is 42.4 Å². The van der Waals surface area contributed by atoms with Crippen molar-refractivity contribution >= 4 is 0 Å². The van der Waals surface area contributed by atoms with E-state index in [1.165, 1.54) is 0 Å². The zero-order valence-electron chi connectivity index (χ0n) is 12.0. The standard InChI is InChI=1S/C18H17NO2/c1-2-16-12-18(21-19-16)15-8-10-17(11-9-15)20-13-14-6-4-3-5-7-14/h3-12H,2,13H2,1H3. The van der Waals surface area contributed by atoms with Gasteiger partial charge in [0.05, 0.1) is 5.69 Å². The predicted octanol–water partition coefficient (Wildman–Crippen LogP) is 4.48. The molecular weight excluding hydrogens is 262 g/mol. The van der Waals surface area contributed by atoms with Crippen molar-refractivity contribution in [3.8, 4) is 17.1 Å². The lowest BCUT2D eigenvalue weighted by Gasteiger charge is -2.06. The van der Waals surface area contributed by atoms with Crippen molar-refractivity contribution in [2.45, 2.75) is 20.0 Å². The molecule has 0 saturated heterocycles. The molecule has 0 aliphatic rings. The van der Waals surface area contributed by atoms with Gasteiger partial charge in [0.2, 0.25) is 0 Å². The molecular formula is C18H17NO2. The number of hydrogen-bond donors (Lipinski definition) is 0. The zero-order valence-corrected chi connectivity index (χ0v) is 12.0. The number of aryl methyl sites for hydroxylation is 1. The number of rotatable bonds is 5. The van der Waals surface area contributed by atoms with E-state index in [-0.39, 0.29) is 0 Å². The zero-order chi connectivity index (χ0) is 14.5. The van der Waals surface area contributed by atoms with E-state index in [0.29, 0.717) is 6.61 Å². The highest BCUT2D eigenvalue weighted by Crippen LogP contribution is 2.23. The topological polar surface area (TPSA) is 35.3 Å². The number of benzene rings is 2. The van der Waals surface area contributed by atoms with Gasteiger partial charge >= 0.3 is 0 Å². The highest BCUT2D eigenvalue weighted by atomic mass is 16.5. The lowest BCUT2D eigenvalue weighted by atomic mass is 10.1. The van der Waals surface area contributed by atoms with Crippen LogP contribution in [0.5, 0.6) is 5.75 Å². The van der Waals surface area contributed by atoms with Gasteiger partial charge in [-0.15, -0.1) is 0 Å². The first-order valence-corrected chi connectivity index (χ1v) is 7.08. The van der Waals surface area contributed by atoms with Gasteiger partial charge in [-0.05, 0) is 36.2 Å². The maximum Gasteiger partial charge on any atom is 0.167 e. The lowest BCUT2D eigenvalue weighted by Crippen LogP contribution is -1.94. The fraction of sp³-hybridized carbons (Fsp3) is 0.167. The average Bonchev–Trinajstić information content (AvgIpc) is 3.03. The number of nitrogens with zero attached hydrogens (tertiary/aromatic N) is 1. The van der Waals surface area contributed by atoms with Gasteiger partial charge in [0.1, 0.15) is 12.4 Å². The van der Waals surface area contributed by atoms with Crippen molar-refractivity contribution in [2.75, 3.05) is 0 Å². The Morgan fingerprint density at radius 1 is 1.00 bits per heavy atom. The van der Waals surface area contributed by atoms with E-state index >= 15 is 0 Å². The highest BCUT2D eigenvalue weighted by Gasteiger charge is 2.05. The summed E-state index contributed by atoms with van der Waals surface area (Å²) in [6.45, 7) is 2.63. The lowest BCUT2D eigenvalue weighted by molar-refractivity contribution is 0.306. The van der Waals surface area contributed by atoms with E-state index in [9.17, 15) is 0 Å². The van der Waals surface area contributed by atoms with Crippen LogP contribution in [-0.2, 0) is 13.0 Å². The van der Waals surface area contributed by atoms with Gasteiger partial charge in [-0.3, -0.25) is 0 Å². The molecule has 3 nitrogen and oxygen atoms in total. The van der Waals surface area contributed by atoms with Crippen molar-refractivity contribution < 1.29 is 9.26 Å². The van der Waals surface area contributed by atoms with Gasteiger partial charge < -0.3 is 9.26 Å². The summed E-state index contributed by atoms with van der Waals surface area (Å²) in [6, 6.07) is 20.0. The minimum Gasteiger partial charge on any atom is -0.489 e. The maximum absolute atomic E-state index is 5.76. The summed E-state index contributed by atoms with van der Waals surface area (Å²) in [7, 11) is 0. The molecule has 0 aliphatic heterocycles. The SMILES string of the molecule is CCc1cc(-c2ccc(OCc3ccccc3)cc2)on1. The van der Waals surface area contributed by atoms with Gasteiger partial charge in [0.15, 0.2) is 5.76 Å². The summed E-state index contributed by atoms with van der Waals surface area (Å²) < 4.78 is 11.1. The molecule has 3 rings (SSSR count). The first-order valence-electron chi connectivity index (χ1n) is 7.08. The third-order valence-electron chi connectivity index (χ3n) is 3.31. The molecule has 0 N–H and O–H groups in total. The number of ether oxygens (including phenoxy) is 1. The third kappa shape index (κ3) is 3.31. The Morgan fingerprint density at radius 2 is 1.76 bits per heavy atom. The molecule has 106 valence electrons. The molecule has 0 unspecified atom stereocenters. The molecule has 1 heterocycles. The summed E-state index contributed by atoms with van der Waals surface area (Å²) >= 11 is 0. The molecule has 0 bridgehead atoms. The fourth-order valence-corrected chi connectivity index (χ4v) is 2.07. The summed E-state index contributed by atoms with van der Waals surface area (Å²) in [5.41, 5.74) is 3.13. The second-order valence-electron chi connectivity index (χ2n) is 4.83. The highest BCUT2D eigenvalue weighted by molar-refractivity contribution is 5.58. The Bertz CT molecular complexity index is 687. The molecule has 0 aliphatic carbocycles. The van der Waals surface area contributed by atoms with E-state index in [1.54, 1.807) is 0 Å². The van der Waals surface area contributed by atoms with Crippen LogP contribution in [0.25, 0.3) is 11.3 Å². The maximum atomic E-state index is 5.76. The monoisotopic (exact) mass is 279 g/mol. The molecule has 0 spiro atoms. The van der Waals surface area contributed by atoms with E-state index in [0.717, 1.165) is 34.8 Å². The second-order valence-corrected chi connectivity index (χ2v) is 4.83. The van der Waals surface area contributed by atoms with Crippen molar-refractivity contribution in [1.29, 1.82) is 0 Å². The molecule has 0 saturated carbocycles. The molecule has 2 aromatic carbocycles.